The van der Waals surface area contributed by atoms with E-state index in [0.29, 0.717) is 13.2 Å². The molecule has 0 rings (SSSR count). The van der Waals surface area contributed by atoms with Crippen LogP contribution in [0.5, 0.6) is 0 Å². The zero-order valence-corrected chi connectivity index (χ0v) is 7.53. The Labute approximate surface area is 84.9 Å². The van der Waals surface area contributed by atoms with Gasteiger partial charge in [0, 0.05) is 0 Å². The van der Waals surface area contributed by atoms with Gasteiger partial charge in [-0.05, 0) is 0 Å². The number of nitrogens with zero attached hydrogens (tertiary/aromatic N) is 1. The van der Waals surface area contributed by atoms with Crippen LogP contribution in [0.25, 0.3) is 0 Å². The van der Waals surface area contributed by atoms with Crippen LogP contribution in [0.2, 0.25) is 0 Å². The lowest BCUT2D eigenvalue weighted by Crippen LogP contribution is -2.49. The molecular formula is C7H3F6NO2. The van der Waals surface area contributed by atoms with Gasteiger partial charge in [0.2, 0.25) is 11.7 Å². The fraction of sp³-hybridized carbons (Fsp3) is 0.429. The third-order valence-corrected chi connectivity index (χ3v) is 1.45. The molecule has 0 aromatic rings. The summed E-state index contributed by atoms with van der Waals surface area (Å²) in [5.74, 6) is -8.58. The number of esters is 1. The molecule has 3 nitrogen and oxygen atoms in total. The van der Waals surface area contributed by atoms with E-state index >= 15 is 0 Å². The summed E-state index contributed by atoms with van der Waals surface area (Å²) >= 11 is 0. The second-order valence-corrected chi connectivity index (χ2v) is 2.39. The summed E-state index contributed by atoms with van der Waals surface area (Å²) in [4.78, 5) is 10.5. The van der Waals surface area contributed by atoms with Crippen molar-refractivity contribution in [2.75, 3.05) is 7.11 Å². The number of hydrogen-bond acceptors (Lipinski definition) is 3. The van der Waals surface area contributed by atoms with Crippen LogP contribution >= 0.6 is 0 Å². The third kappa shape index (κ3) is 2.10. The van der Waals surface area contributed by atoms with Gasteiger partial charge in [-0.1, -0.05) is 0 Å². The summed E-state index contributed by atoms with van der Waals surface area (Å²) in [6.45, 7) is 0. The first-order valence-electron chi connectivity index (χ1n) is 3.42. The Kier molecular flexibility index (Phi) is 3.95. The van der Waals surface area contributed by atoms with E-state index in [4.69, 9.17) is 5.26 Å². The van der Waals surface area contributed by atoms with E-state index < -0.39 is 29.5 Å². The van der Waals surface area contributed by atoms with Crippen LogP contribution in [0.4, 0.5) is 26.3 Å². The van der Waals surface area contributed by atoms with Crippen molar-refractivity contribution in [2.45, 2.75) is 11.8 Å². The van der Waals surface area contributed by atoms with E-state index in [2.05, 4.69) is 4.74 Å². The number of halogens is 6. The summed E-state index contributed by atoms with van der Waals surface area (Å²) in [6, 6.07) is 0.312. The average Bonchev–Trinajstić information content (AvgIpc) is 2.22. The lowest BCUT2D eigenvalue weighted by atomic mass is 10.0. The van der Waals surface area contributed by atoms with Gasteiger partial charge < -0.3 is 4.74 Å². The molecule has 0 aliphatic rings. The molecule has 0 saturated heterocycles. The molecule has 9 heteroatoms. The number of carbonyl (C=O) groups excluding carboxylic acids is 1. The van der Waals surface area contributed by atoms with Crippen molar-refractivity contribution in [3.05, 3.63) is 11.7 Å². The Balaban J connectivity index is 5.83. The van der Waals surface area contributed by atoms with Crippen molar-refractivity contribution in [1.82, 2.24) is 0 Å². The van der Waals surface area contributed by atoms with Crippen LogP contribution < -0.4 is 0 Å². The van der Waals surface area contributed by atoms with Crippen molar-refractivity contribution in [3.8, 4) is 6.07 Å². The Morgan fingerprint density at radius 3 is 1.94 bits per heavy atom. The van der Waals surface area contributed by atoms with Gasteiger partial charge >= 0.3 is 17.8 Å². The van der Waals surface area contributed by atoms with Crippen molar-refractivity contribution in [1.29, 1.82) is 5.26 Å². The van der Waals surface area contributed by atoms with Crippen molar-refractivity contribution in [3.63, 3.8) is 0 Å². The first-order valence-corrected chi connectivity index (χ1v) is 3.42. The maximum atomic E-state index is 13.1. The molecule has 0 aromatic heterocycles. The Hall–Kier alpha value is -1.72. The predicted molar refractivity (Wildman–Crippen MR) is 36.8 cm³/mol. The highest BCUT2D eigenvalue weighted by Crippen LogP contribution is 2.42. The maximum absolute atomic E-state index is 13.1. The molecule has 0 saturated carbocycles. The number of nitriles is 1. The summed E-state index contributed by atoms with van der Waals surface area (Å²) in [6.07, 6.45) is -6.08. The molecule has 0 spiro atoms. The van der Waals surface area contributed by atoms with Crippen molar-refractivity contribution in [2.24, 2.45) is 0 Å². The van der Waals surface area contributed by atoms with Crippen molar-refractivity contribution < 1.29 is 35.9 Å². The van der Waals surface area contributed by atoms with Gasteiger partial charge in [0.1, 0.15) is 6.07 Å². The largest absolute Gasteiger partial charge is 0.466 e. The standard InChI is InChI=1S/C7H3F6NO2/c1-16-5(15)6(10,7(11,12)13)4(9)3(8)2-14/h1H3/b4-3+. The Morgan fingerprint density at radius 2 is 1.69 bits per heavy atom. The lowest BCUT2D eigenvalue weighted by molar-refractivity contribution is -0.231. The molecule has 0 N–H and O–H groups in total. The smallest absolute Gasteiger partial charge is 0.440 e. The van der Waals surface area contributed by atoms with E-state index in [0.717, 1.165) is 0 Å². The quantitative estimate of drug-likeness (QED) is 0.426. The molecule has 0 aliphatic heterocycles. The lowest BCUT2D eigenvalue weighted by Gasteiger charge is -2.22. The predicted octanol–water partition coefficient (Wildman–Crippen LogP) is 2.10. The average molecular weight is 247 g/mol. The molecule has 0 fully saturated rings. The van der Waals surface area contributed by atoms with E-state index in [1.165, 1.54) is 0 Å². The number of carbonyl (C=O) groups is 1. The molecule has 0 amide bonds. The maximum Gasteiger partial charge on any atom is 0.440 e. The van der Waals surface area contributed by atoms with Gasteiger partial charge in [0.25, 0.3) is 0 Å². The minimum atomic E-state index is -6.08. The van der Waals surface area contributed by atoms with Crippen LogP contribution in [-0.4, -0.2) is 24.9 Å². The van der Waals surface area contributed by atoms with Crippen LogP contribution in [0.15, 0.2) is 11.7 Å². The summed E-state index contributed by atoms with van der Waals surface area (Å²) in [5, 5.41) is 7.78. The number of allylic oxidation sites excluding steroid dienone is 1. The second-order valence-electron chi connectivity index (χ2n) is 2.39. The molecule has 1 unspecified atom stereocenters. The second kappa shape index (κ2) is 4.42. The van der Waals surface area contributed by atoms with Crippen LogP contribution in [0.3, 0.4) is 0 Å². The molecular weight excluding hydrogens is 244 g/mol. The number of ether oxygens (including phenoxy) is 1. The number of alkyl halides is 4. The third-order valence-electron chi connectivity index (χ3n) is 1.45. The van der Waals surface area contributed by atoms with Gasteiger partial charge in [-0.15, -0.1) is 0 Å². The molecule has 0 aromatic carbocycles. The minimum absolute atomic E-state index is 0.312. The van der Waals surface area contributed by atoms with Crippen LogP contribution in [0.1, 0.15) is 0 Å². The van der Waals surface area contributed by atoms with Gasteiger partial charge in [-0.2, -0.15) is 22.8 Å². The SMILES string of the molecule is COC(=O)C(F)(/C(F)=C(\F)C#N)C(F)(F)F. The van der Waals surface area contributed by atoms with Gasteiger partial charge in [0.15, 0.2) is 0 Å². The molecule has 90 valence electrons. The topological polar surface area (TPSA) is 50.1 Å². The highest BCUT2D eigenvalue weighted by atomic mass is 19.4. The van der Waals surface area contributed by atoms with E-state index in [9.17, 15) is 31.1 Å². The Bertz CT molecular complexity index is 368. The monoisotopic (exact) mass is 247 g/mol. The van der Waals surface area contributed by atoms with Gasteiger partial charge in [-0.25, -0.2) is 13.6 Å². The molecule has 0 heterocycles. The fourth-order valence-electron chi connectivity index (χ4n) is 0.671. The number of methoxy groups -OCH3 is 1. The minimum Gasteiger partial charge on any atom is -0.466 e. The molecule has 0 aliphatic carbocycles. The molecule has 1 atom stereocenters. The molecule has 0 radical (unpaired) electrons. The van der Waals surface area contributed by atoms with Gasteiger partial charge in [-0.3, -0.25) is 0 Å². The normalized spacial score (nSPS) is 16.9. The fourth-order valence-corrected chi connectivity index (χ4v) is 0.671. The Morgan fingerprint density at radius 1 is 1.25 bits per heavy atom. The van der Waals surface area contributed by atoms with Crippen LogP contribution in [0, 0.1) is 11.3 Å². The number of rotatable bonds is 2. The van der Waals surface area contributed by atoms with E-state index in [1.54, 1.807) is 0 Å². The summed E-state index contributed by atoms with van der Waals surface area (Å²) < 4.78 is 77.6. The molecule has 0 bridgehead atoms. The molecule has 16 heavy (non-hydrogen) atoms. The van der Waals surface area contributed by atoms with Crippen molar-refractivity contribution >= 4 is 5.97 Å². The van der Waals surface area contributed by atoms with E-state index in [1.807, 2.05) is 0 Å². The summed E-state index contributed by atoms with van der Waals surface area (Å²) in [5.41, 5.74) is -5.32. The highest BCUT2D eigenvalue weighted by molar-refractivity contribution is 5.84. The zero-order valence-electron chi connectivity index (χ0n) is 7.53. The van der Waals surface area contributed by atoms with Gasteiger partial charge in [0.05, 0.1) is 7.11 Å². The zero-order chi connectivity index (χ0) is 13.1. The number of hydrogen-bond donors (Lipinski definition) is 0. The summed E-state index contributed by atoms with van der Waals surface area (Å²) in [7, 11) is 0.347. The van der Waals surface area contributed by atoms with Crippen LogP contribution in [-0.2, 0) is 9.53 Å². The highest BCUT2D eigenvalue weighted by Gasteiger charge is 2.68. The van der Waals surface area contributed by atoms with E-state index in [-0.39, 0.29) is 0 Å². The first-order chi connectivity index (χ1) is 7.12. The first kappa shape index (κ1) is 14.3.